The van der Waals surface area contributed by atoms with Crippen molar-refractivity contribution >= 4 is 0 Å². The number of aliphatic hydroxyl groups is 7. The fourth-order valence-corrected chi connectivity index (χ4v) is 12.5. The van der Waals surface area contributed by atoms with E-state index in [-0.39, 0.29) is 42.7 Å². The highest BCUT2D eigenvalue weighted by molar-refractivity contribution is 4.91. The lowest BCUT2D eigenvalue weighted by atomic mass is 9.79. The Bertz CT molecular complexity index is 1440. The third kappa shape index (κ3) is 35.2. The van der Waals surface area contributed by atoms with Crippen molar-refractivity contribution in [1.29, 1.82) is 0 Å². The van der Waals surface area contributed by atoms with Crippen LogP contribution in [0.3, 0.4) is 0 Å². The molecule has 0 aromatic carbocycles. The molecular weight excluding hydrogens is 929 g/mol. The van der Waals surface area contributed by atoms with Gasteiger partial charge in [-0.1, -0.05) is 120 Å². The lowest BCUT2D eigenvalue weighted by Crippen LogP contribution is -2.28. The average Bonchev–Trinajstić information content (AvgIpc) is 3.41. The summed E-state index contributed by atoms with van der Waals surface area (Å²) in [4.78, 5) is 0. The monoisotopic (exact) mass is 1050 g/mol. The highest BCUT2D eigenvalue weighted by Gasteiger charge is 2.27. The van der Waals surface area contributed by atoms with Crippen molar-refractivity contribution in [3.05, 3.63) is 87.6 Å². The summed E-state index contributed by atoms with van der Waals surface area (Å²) in [6.45, 7) is 27.1. The van der Waals surface area contributed by atoms with Gasteiger partial charge in [0.1, 0.15) is 0 Å². The Morgan fingerprint density at radius 2 is 0.853 bits per heavy atom. The maximum Gasteiger partial charge on any atom is 0.0573 e. The Labute approximate surface area is 463 Å². The Morgan fingerprint density at radius 3 is 1.36 bits per heavy atom. The van der Waals surface area contributed by atoms with E-state index in [2.05, 4.69) is 78.0 Å². The molecule has 0 spiro atoms. The number of aliphatic hydroxyl groups excluding tert-OH is 7. The summed E-state index contributed by atoms with van der Waals surface area (Å²) in [5.41, 5.74) is 0. The van der Waals surface area contributed by atoms with Gasteiger partial charge in [0.25, 0.3) is 0 Å². The van der Waals surface area contributed by atoms with Crippen molar-refractivity contribution < 1.29 is 35.7 Å². The van der Waals surface area contributed by atoms with Crippen molar-refractivity contribution in [2.24, 2.45) is 53.3 Å². The van der Waals surface area contributed by atoms with Gasteiger partial charge in [0, 0.05) is 0 Å². The highest BCUT2D eigenvalue weighted by Crippen LogP contribution is 2.33. The van der Waals surface area contributed by atoms with E-state index in [0.717, 1.165) is 120 Å². The molecule has 436 valence electrons. The van der Waals surface area contributed by atoms with Gasteiger partial charge in [-0.25, -0.2) is 0 Å². The molecule has 75 heavy (non-hydrogen) atoms. The van der Waals surface area contributed by atoms with Gasteiger partial charge in [-0.2, -0.15) is 0 Å². The third-order valence-corrected chi connectivity index (χ3v) is 17.7. The molecule has 0 radical (unpaired) electrons. The van der Waals surface area contributed by atoms with Crippen LogP contribution in [0.5, 0.6) is 0 Å². The van der Waals surface area contributed by atoms with Crippen molar-refractivity contribution in [3.8, 4) is 0 Å². The predicted molar refractivity (Wildman–Crippen MR) is 322 cm³/mol. The molecule has 7 heteroatoms. The molecule has 0 aromatic heterocycles. The maximum absolute atomic E-state index is 9.62. The van der Waals surface area contributed by atoms with Gasteiger partial charge < -0.3 is 35.7 Å². The summed E-state index contributed by atoms with van der Waals surface area (Å²) in [5, 5.41) is 65.6. The smallest absolute Gasteiger partial charge is 0.0573 e. The van der Waals surface area contributed by atoms with Crippen LogP contribution in [0, 0.1) is 53.3 Å². The van der Waals surface area contributed by atoms with Crippen LogP contribution in [-0.2, 0) is 0 Å². The summed E-state index contributed by atoms with van der Waals surface area (Å²) < 4.78 is 0. The first-order chi connectivity index (χ1) is 36.1. The Balaban J connectivity index is 0.000000438. The molecule has 7 saturated carbocycles. The largest absolute Gasteiger partial charge is 0.393 e. The van der Waals surface area contributed by atoms with Crippen LogP contribution in [0.15, 0.2) is 87.6 Å². The van der Waals surface area contributed by atoms with Gasteiger partial charge in [0.15, 0.2) is 0 Å². The van der Waals surface area contributed by atoms with Crippen LogP contribution < -0.4 is 0 Å². The quantitative estimate of drug-likeness (QED) is 0.0810. The van der Waals surface area contributed by atoms with E-state index in [1.165, 1.54) is 116 Å². The fraction of sp³-hybridized carbons (Fsp3) is 0.794. The first-order valence-corrected chi connectivity index (χ1v) is 31.2. The summed E-state index contributed by atoms with van der Waals surface area (Å²) in [7, 11) is 0. The molecule has 0 heterocycles. The molecular formula is C68H122O7. The van der Waals surface area contributed by atoms with Crippen LogP contribution in [0.4, 0.5) is 0 Å². The maximum atomic E-state index is 9.62. The second-order valence-electron chi connectivity index (χ2n) is 24.1. The topological polar surface area (TPSA) is 142 Å². The molecule has 0 aromatic rings. The molecule has 7 nitrogen and oxygen atoms in total. The van der Waals surface area contributed by atoms with E-state index in [4.69, 9.17) is 0 Å². The number of hydrogen-bond acceptors (Lipinski definition) is 7. The summed E-state index contributed by atoms with van der Waals surface area (Å²) in [6, 6.07) is 0. The van der Waals surface area contributed by atoms with E-state index in [1.54, 1.807) is 0 Å². The van der Waals surface area contributed by atoms with Crippen molar-refractivity contribution in [2.45, 2.75) is 289 Å². The van der Waals surface area contributed by atoms with E-state index in [1.807, 2.05) is 37.3 Å². The van der Waals surface area contributed by atoms with Crippen molar-refractivity contribution in [2.75, 3.05) is 0 Å². The van der Waals surface area contributed by atoms with Gasteiger partial charge in [0.2, 0.25) is 0 Å². The van der Waals surface area contributed by atoms with Crippen LogP contribution in [-0.4, -0.2) is 78.5 Å². The first kappa shape index (κ1) is 70.9. The second-order valence-corrected chi connectivity index (χ2v) is 24.1. The summed E-state index contributed by atoms with van der Waals surface area (Å²) in [6.07, 6.45) is 56.9. The van der Waals surface area contributed by atoms with Crippen molar-refractivity contribution in [3.63, 3.8) is 0 Å². The number of rotatable bonds is 15. The minimum Gasteiger partial charge on any atom is -0.393 e. The molecule has 7 N–H and O–H groups in total. The summed E-state index contributed by atoms with van der Waals surface area (Å²) in [5.74, 6) is 5.77. The molecule has 0 aliphatic heterocycles. The standard InChI is InChI=1S/5C10H18O.2C9H16O/c1-3-8(2)9-5-4-6-10(11)7-9;1-3-8(2)9-6-4-5-7-10(9)11;1-2-3-6-9-7-4-5-8-10(9)11;1-2-3-5-9-6-4-7-10(11)8-9;1-2-3-4-9-5-7-10(11)8-6-9;1-2-4-8-5-3-6-9(10)7-8;1-2-3-8-4-6-9(10)7-5-8/h2*3,8-11H,1,4-7H2,2H3;3*2,9-11H,1,3-8H2;2,4,8-10H,3,5-7H2,1H3;2-3,8-10H,4-7H2,1H3. The molecule has 0 amide bonds. The molecule has 12 atom stereocenters. The van der Waals surface area contributed by atoms with Crippen molar-refractivity contribution in [1.82, 2.24) is 0 Å². The van der Waals surface area contributed by atoms with Crippen LogP contribution >= 0.6 is 0 Å². The third-order valence-electron chi connectivity index (χ3n) is 17.7. The Hall–Kier alpha value is -2.10. The molecule has 7 fully saturated rings. The Morgan fingerprint density at radius 1 is 0.387 bits per heavy atom. The molecule has 7 rings (SSSR count). The minimum absolute atomic E-state index is 0.00465. The zero-order valence-electron chi connectivity index (χ0n) is 49.1. The number of hydrogen-bond donors (Lipinski definition) is 7. The van der Waals surface area contributed by atoms with Crippen LogP contribution in [0.2, 0.25) is 0 Å². The lowest BCUT2D eigenvalue weighted by Gasteiger charge is -2.30. The zero-order chi connectivity index (χ0) is 55.6. The minimum atomic E-state index is -0.0725. The Kier molecular flexibility index (Phi) is 43.2. The van der Waals surface area contributed by atoms with Gasteiger partial charge in [-0.3, -0.25) is 0 Å². The molecule has 0 saturated heterocycles. The van der Waals surface area contributed by atoms with E-state index in [0.29, 0.717) is 35.5 Å². The highest BCUT2D eigenvalue weighted by atomic mass is 16.3. The van der Waals surface area contributed by atoms with Gasteiger partial charge >= 0.3 is 0 Å². The zero-order valence-corrected chi connectivity index (χ0v) is 49.1. The average molecular weight is 1050 g/mol. The normalized spacial score (nSPS) is 33.5. The van der Waals surface area contributed by atoms with Gasteiger partial charge in [-0.15, -0.1) is 32.9 Å². The van der Waals surface area contributed by atoms with Gasteiger partial charge in [-0.05, 0) is 234 Å². The SMILES string of the molecule is C=CC(C)C1CCCC(O)C1.C=CC(C)C1CCCCC1O.C=CCCC1CCC(O)CC1.C=CCCC1CCCC(O)C1.C=CCCC1CCCCC1O.CC=CC1CCC(O)CC1.CC=CC1CCCC(O)C1. The molecule has 7 aliphatic rings. The molecule has 12 unspecified atom stereocenters. The van der Waals surface area contributed by atoms with Crippen LogP contribution in [0.25, 0.3) is 0 Å². The number of allylic oxidation sites excluding steroid dienone is 9. The summed E-state index contributed by atoms with van der Waals surface area (Å²) >= 11 is 0. The van der Waals surface area contributed by atoms with E-state index < -0.39 is 0 Å². The lowest BCUT2D eigenvalue weighted by molar-refractivity contribution is 0.0518. The van der Waals surface area contributed by atoms with E-state index >= 15 is 0 Å². The molecule has 7 aliphatic carbocycles. The first-order valence-electron chi connectivity index (χ1n) is 31.2. The predicted octanol–water partition coefficient (Wildman–Crippen LogP) is 16.5. The van der Waals surface area contributed by atoms with Gasteiger partial charge in [0.05, 0.1) is 42.7 Å². The van der Waals surface area contributed by atoms with E-state index in [9.17, 15) is 35.7 Å². The fourth-order valence-electron chi connectivity index (χ4n) is 12.5. The second kappa shape index (κ2) is 45.7. The van der Waals surface area contributed by atoms with Crippen LogP contribution in [0.1, 0.15) is 246 Å². The molecule has 0 bridgehead atoms.